The number of nitrogens with zero attached hydrogens (tertiary/aromatic N) is 4. The summed E-state index contributed by atoms with van der Waals surface area (Å²) < 4.78 is 5.45. The van der Waals surface area contributed by atoms with E-state index in [0.29, 0.717) is 6.04 Å². The third-order valence-electron chi connectivity index (χ3n) is 4.72. The van der Waals surface area contributed by atoms with Crippen LogP contribution in [0.3, 0.4) is 0 Å². The maximum absolute atomic E-state index is 5.94. The predicted molar refractivity (Wildman–Crippen MR) is 97.2 cm³/mol. The molecule has 2 fully saturated rings. The molecule has 2 aromatic rings. The standard InChI is InChI=1S/C17H21ClN4OS/c18-14-3-1-13(2-4-14)11-16-19-20-17(24-16)22-6-5-15(12-22)21-7-9-23-10-8-21/h1-4,15H,5-12H2. The lowest BCUT2D eigenvalue weighted by atomic mass is 10.2. The molecule has 7 heteroatoms. The Morgan fingerprint density at radius 2 is 1.92 bits per heavy atom. The maximum atomic E-state index is 5.94. The second kappa shape index (κ2) is 7.35. The third-order valence-corrected chi connectivity index (χ3v) is 5.96. The number of benzene rings is 1. The molecule has 128 valence electrons. The second-order valence-electron chi connectivity index (χ2n) is 6.32. The van der Waals surface area contributed by atoms with Crippen LogP contribution in [0.1, 0.15) is 17.0 Å². The summed E-state index contributed by atoms with van der Waals surface area (Å²) in [7, 11) is 0. The molecule has 1 aromatic heterocycles. The zero-order chi connectivity index (χ0) is 16.4. The van der Waals surface area contributed by atoms with Crippen molar-refractivity contribution in [3.63, 3.8) is 0 Å². The summed E-state index contributed by atoms with van der Waals surface area (Å²) in [6.45, 7) is 5.95. The molecule has 2 aliphatic rings. The summed E-state index contributed by atoms with van der Waals surface area (Å²) in [4.78, 5) is 4.93. The van der Waals surface area contributed by atoms with Gasteiger partial charge in [-0.2, -0.15) is 0 Å². The van der Waals surface area contributed by atoms with Crippen LogP contribution in [-0.2, 0) is 11.2 Å². The van der Waals surface area contributed by atoms with Gasteiger partial charge in [-0.1, -0.05) is 35.1 Å². The fourth-order valence-electron chi connectivity index (χ4n) is 3.38. The smallest absolute Gasteiger partial charge is 0.208 e. The largest absolute Gasteiger partial charge is 0.379 e. The van der Waals surface area contributed by atoms with Gasteiger partial charge in [0.1, 0.15) is 5.01 Å². The van der Waals surface area contributed by atoms with Gasteiger partial charge in [0, 0.05) is 43.7 Å². The van der Waals surface area contributed by atoms with Crippen molar-refractivity contribution in [2.24, 2.45) is 0 Å². The van der Waals surface area contributed by atoms with Crippen molar-refractivity contribution < 1.29 is 4.74 Å². The van der Waals surface area contributed by atoms with Crippen LogP contribution in [0.2, 0.25) is 5.02 Å². The average Bonchev–Trinajstić information content (AvgIpc) is 3.27. The molecule has 2 saturated heterocycles. The summed E-state index contributed by atoms with van der Waals surface area (Å²) >= 11 is 7.64. The van der Waals surface area contributed by atoms with Crippen molar-refractivity contribution >= 4 is 28.1 Å². The number of aromatic nitrogens is 2. The molecule has 2 aliphatic heterocycles. The van der Waals surface area contributed by atoms with Crippen LogP contribution in [0, 0.1) is 0 Å². The molecule has 0 N–H and O–H groups in total. The number of ether oxygens (including phenoxy) is 1. The van der Waals surface area contributed by atoms with Crippen molar-refractivity contribution in [1.29, 1.82) is 0 Å². The minimum absolute atomic E-state index is 0.623. The number of rotatable bonds is 4. The zero-order valence-corrected chi connectivity index (χ0v) is 15.1. The molecule has 5 nitrogen and oxygen atoms in total. The summed E-state index contributed by atoms with van der Waals surface area (Å²) in [6.07, 6.45) is 2.02. The summed E-state index contributed by atoms with van der Waals surface area (Å²) in [6, 6.07) is 8.57. The second-order valence-corrected chi connectivity index (χ2v) is 7.80. The van der Waals surface area contributed by atoms with E-state index in [-0.39, 0.29) is 0 Å². The molecule has 1 unspecified atom stereocenters. The van der Waals surface area contributed by atoms with Gasteiger partial charge in [0.05, 0.1) is 13.2 Å². The van der Waals surface area contributed by atoms with Crippen LogP contribution in [0.5, 0.6) is 0 Å². The molecule has 0 amide bonds. The Labute approximate surface area is 151 Å². The molecule has 3 heterocycles. The number of morpholine rings is 1. The van der Waals surface area contributed by atoms with Gasteiger partial charge in [-0.3, -0.25) is 4.90 Å². The Kier molecular flexibility index (Phi) is 4.98. The van der Waals surface area contributed by atoms with Crippen molar-refractivity contribution in [3.8, 4) is 0 Å². The fraction of sp³-hybridized carbons (Fsp3) is 0.529. The molecular formula is C17H21ClN4OS. The molecule has 0 aliphatic carbocycles. The Hall–Kier alpha value is -1.21. The quantitative estimate of drug-likeness (QED) is 0.834. The van der Waals surface area contributed by atoms with Gasteiger partial charge in [-0.25, -0.2) is 0 Å². The first kappa shape index (κ1) is 16.3. The minimum Gasteiger partial charge on any atom is -0.379 e. The molecular weight excluding hydrogens is 344 g/mol. The van der Waals surface area contributed by atoms with Crippen LogP contribution in [0.15, 0.2) is 24.3 Å². The SMILES string of the molecule is Clc1ccc(Cc2nnc(N3CCC(N4CCOCC4)C3)s2)cc1. The molecule has 1 atom stereocenters. The van der Waals surface area contributed by atoms with E-state index < -0.39 is 0 Å². The van der Waals surface area contributed by atoms with Crippen LogP contribution in [0.4, 0.5) is 5.13 Å². The maximum Gasteiger partial charge on any atom is 0.208 e. The van der Waals surface area contributed by atoms with E-state index in [0.717, 1.165) is 61.0 Å². The first-order valence-corrected chi connectivity index (χ1v) is 9.61. The van der Waals surface area contributed by atoms with Gasteiger partial charge in [0.2, 0.25) is 5.13 Å². The average molecular weight is 365 g/mol. The Morgan fingerprint density at radius 3 is 2.71 bits per heavy atom. The highest BCUT2D eigenvalue weighted by Crippen LogP contribution is 2.27. The monoisotopic (exact) mass is 364 g/mol. The van der Waals surface area contributed by atoms with E-state index in [1.54, 1.807) is 11.3 Å². The third kappa shape index (κ3) is 3.72. The van der Waals surface area contributed by atoms with Crippen LogP contribution >= 0.6 is 22.9 Å². The van der Waals surface area contributed by atoms with Gasteiger partial charge < -0.3 is 9.64 Å². The van der Waals surface area contributed by atoms with E-state index in [9.17, 15) is 0 Å². The topological polar surface area (TPSA) is 41.5 Å². The Balaban J connectivity index is 1.37. The molecule has 0 spiro atoms. The summed E-state index contributed by atoms with van der Waals surface area (Å²) in [5.41, 5.74) is 1.22. The lowest BCUT2D eigenvalue weighted by Gasteiger charge is -2.31. The van der Waals surface area contributed by atoms with E-state index in [1.807, 2.05) is 24.3 Å². The molecule has 4 rings (SSSR count). The highest BCUT2D eigenvalue weighted by Gasteiger charge is 2.30. The first-order chi connectivity index (χ1) is 11.8. The van der Waals surface area contributed by atoms with Gasteiger partial charge in [0.15, 0.2) is 0 Å². The van der Waals surface area contributed by atoms with Gasteiger partial charge in [-0.15, -0.1) is 10.2 Å². The van der Waals surface area contributed by atoms with Gasteiger partial charge >= 0.3 is 0 Å². The molecule has 0 bridgehead atoms. The predicted octanol–water partition coefficient (Wildman–Crippen LogP) is 2.69. The number of halogens is 1. The molecule has 24 heavy (non-hydrogen) atoms. The first-order valence-electron chi connectivity index (χ1n) is 8.41. The molecule has 0 saturated carbocycles. The fourth-order valence-corrected chi connectivity index (χ4v) is 4.41. The van der Waals surface area contributed by atoms with Crippen LogP contribution in [0.25, 0.3) is 0 Å². The van der Waals surface area contributed by atoms with Crippen molar-refractivity contribution in [2.75, 3.05) is 44.3 Å². The van der Waals surface area contributed by atoms with Gasteiger partial charge in [-0.05, 0) is 24.1 Å². The number of hydrogen-bond acceptors (Lipinski definition) is 6. The summed E-state index contributed by atoms with van der Waals surface area (Å²) in [5.74, 6) is 0. The highest BCUT2D eigenvalue weighted by molar-refractivity contribution is 7.15. The normalized spacial score (nSPS) is 22.2. The van der Waals surface area contributed by atoms with E-state index in [4.69, 9.17) is 16.3 Å². The van der Waals surface area contributed by atoms with Crippen LogP contribution < -0.4 is 4.90 Å². The van der Waals surface area contributed by atoms with E-state index >= 15 is 0 Å². The molecule has 0 radical (unpaired) electrons. The lowest BCUT2D eigenvalue weighted by molar-refractivity contribution is 0.0209. The number of anilines is 1. The molecule has 1 aromatic carbocycles. The van der Waals surface area contributed by atoms with Crippen molar-refractivity contribution in [1.82, 2.24) is 15.1 Å². The van der Waals surface area contributed by atoms with Crippen LogP contribution in [-0.4, -0.2) is 60.5 Å². The minimum atomic E-state index is 0.623. The lowest BCUT2D eigenvalue weighted by Crippen LogP contribution is -2.44. The summed E-state index contributed by atoms with van der Waals surface area (Å²) in [5, 5.41) is 11.7. The zero-order valence-electron chi connectivity index (χ0n) is 13.5. The van der Waals surface area contributed by atoms with E-state index in [2.05, 4.69) is 20.0 Å². The van der Waals surface area contributed by atoms with Crippen molar-refractivity contribution in [3.05, 3.63) is 39.9 Å². The Bertz CT molecular complexity index is 671. The van der Waals surface area contributed by atoms with Crippen molar-refractivity contribution in [2.45, 2.75) is 18.9 Å². The highest BCUT2D eigenvalue weighted by atomic mass is 35.5. The number of hydrogen-bond donors (Lipinski definition) is 0. The van der Waals surface area contributed by atoms with E-state index in [1.165, 1.54) is 12.0 Å². The van der Waals surface area contributed by atoms with Gasteiger partial charge in [0.25, 0.3) is 0 Å². The Morgan fingerprint density at radius 1 is 1.12 bits per heavy atom.